The third kappa shape index (κ3) is 4.83. The summed E-state index contributed by atoms with van der Waals surface area (Å²) in [7, 11) is 0. The highest BCUT2D eigenvalue weighted by Crippen LogP contribution is 2.45. The van der Waals surface area contributed by atoms with Crippen LogP contribution in [0.1, 0.15) is 37.1 Å². The average molecular weight is 385 g/mol. The molecule has 1 amide bonds. The summed E-state index contributed by atoms with van der Waals surface area (Å²) in [5, 5.41) is 8.74. The normalized spacial score (nSPS) is 19.3. The number of amides is 1. The van der Waals surface area contributed by atoms with Crippen molar-refractivity contribution in [2.45, 2.75) is 36.8 Å². The van der Waals surface area contributed by atoms with Crippen molar-refractivity contribution in [3.8, 4) is 11.5 Å². The van der Waals surface area contributed by atoms with Crippen molar-refractivity contribution in [1.29, 1.82) is 0 Å². The van der Waals surface area contributed by atoms with Crippen molar-refractivity contribution in [2.75, 3.05) is 6.54 Å². The minimum atomic E-state index is -0.998. The molecule has 2 unspecified atom stereocenters. The first-order chi connectivity index (χ1) is 13.1. The summed E-state index contributed by atoms with van der Waals surface area (Å²) < 4.78 is 5.88. The fourth-order valence-electron chi connectivity index (χ4n) is 3.09. The molecule has 0 aromatic heterocycles. The summed E-state index contributed by atoms with van der Waals surface area (Å²) in [5.74, 6) is 0.309. The number of carboxylic acid groups (broad SMARTS) is 1. The number of para-hydroxylation sites is 1. The van der Waals surface area contributed by atoms with E-state index in [1.165, 1.54) is 16.7 Å². The lowest BCUT2D eigenvalue weighted by molar-refractivity contribution is -0.144. The number of ether oxygens (including phenoxy) is 1. The van der Waals surface area contributed by atoms with E-state index < -0.39 is 5.97 Å². The Bertz CT molecular complexity index is 796. The Hall–Kier alpha value is -2.47. The van der Waals surface area contributed by atoms with E-state index in [0.29, 0.717) is 5.75 Å². The molecule has 2 aromatic carbocycles. The number of carbonyl (C=O) groups excluding carboxylic acids is 1. The zero-order chi connectivity index (χ0) is 19.2. The van der Waals surface area contributed by atoms with Crippen LogP contribution in [0.5, 0.6) is 11.5 Å². The van der Waals surface area contributed by atoms with Gasteiger partial charge in [-0.05, 0) is 36.2 Å². The summed E-state index contributed by atoms with van der Waals surface area (Å²) in [6.45, 7) is 1.80. The van der Waals surface area contributed by atoms with Gasteiger partial charge >= 0.3 is 5.97 Å². The highest BCUT2D eigenvalue weighted by molar-refractivity contribution is 8.01. The number of thioether (sulfide) groups is 1. The third-order valence-corrected chi connectivity index (χ3v) is 5.93. The standard InChI is InChI=1S/C21H23NO4S/c1-2-3-12-18-20(25)22(14-19(23)24)21(27-18)15-8-7-11-17(13-15)26-16-9-5-4-6-10-16/h4-11,13,18,21H,2-3,12,14H2,1H3,(H,23,24). The molecule has 0 aliphatic carbocycles. The first-order valence-corrected chi connectivity index (χ1v) is 10.0. The highest BCUT2D eigenvalue weighted by Gasteiger charge is 2.41. The van der Waals surface area contributed by atoms with Crippen molar-refractivity contribution in [1.82, 2.24) is 4.90 Å². The predicted octanol–water partition coefficient (Wildman–Crippen LogP) is 4.70. The lowest BCUT2D eigenvalue weighted by Crippen LogP contribution is -2.35. The number of benzene rings is 2. The van der Waals surface area contributed by atoms with Gasteiger partial charge < -0.3 is 14.7 Å². The van der Waals surface area contributed by atoms with Gasteiger partial charge in [0.1, 0.15) is 23.4 Å². The molecular formula is C21H23NO4S. The molecule has 6 heteroatoms. The molecule has 2 atom stereocenters. The molecule has 27 heavy (non-hydrogen) atoms. The number of carbonyl (C=O) groups is 2. The van der Waals surface area contributed by atoms with Gasteiger partial charge in [0.2, 0.25) is 5.91 Å². The minimum absolute atomic E-state index is 0.0877. The molecule has 0 radical (unpaired) electrons. The fraction of sp³-hybridized carbons (Fsp3) is 0.333. The second-order valence-electron chi connectivity index (χ2n) is 6.47. The van der Waals surface area contributed by atoms with E-state index in [1.54, 1.807) is 0 Å². The quantitative estimate of drug-likeness (QED) is 0.714. The van der Waals surface area contributed by atoms with Crippen LogP contribution in [0.2, 0.25) is 0 Å². The topological polar surface area (TPSA) is 66.8 Å². The predicted molar refractivity (Wildman–Crippen MR) is 106 cm³/mol. The van der Waals surface area contributed by atoms with Crippen LogP contribution >= 0.6 is 11.8 Å². The molecule has 0 spiro atoms. The van der Waals surface area contributed by atoms with E-state index >= 15 is 0 Å². The average Bonchev–Trinajstić information content (AvgIpc) is 2.96. The number of carboxylic acids is 1. The van der Waals surface area contributed by atoms with E-state index in [2.05, 4.69) is 6.92 Å². The fourth-order valence-corrected chi connectivity index (χ4v) is 4.58. The van der Waals surface area contributed by atoms with Gasteiger partial charge in [-0.1, -0.05) is 50.1 Å². The maximum atomic E-state index is 12.7. The van der Waals surface area contributed by atoms with Crippen molar-refractivity contribution >= 4 is 23.6 Å². The first kappa shape index (κ1) is 19.3. The number of aliphatic carboxylic acids is 1. The van der Waals surface area contributed by atoms with Gasteiger partial charge in [0.05, 0.1) is 5.25 Å². The molecule has 3 rings (SSSR count). The van der Waals surface area contributed by atoms with Crippen LogP contribution in [-0.2, 0) is 9.59 Å². The molecule has 1 N–H and O–H groups in total. The van der Waals surface area contributed by atoms with E-state index in [9.17, 15) is 14.7 Å². The molecule has 1 aliphatic heterocycles. The monoisotopic (exact) mass is 385 g/mol. The second kappa shape index (κ2) is 8.95. The molecule has 142 valence electrons. The number of hydrogen-bond donors (Lipinski definition) is 1. The molecule has 2 aromatic rings. The van der Waals surface area contributed by atoms with Crippen LogP contribution in [0.3, 0.4) is 0 Å². The van der Waals surface area contributed by atoms with Gasteiger partial charge in [-0.2, -0.15) is 0 Å². The Labute approximate surface area is 163 Å². The van der Waals surface area contributed by atoms with Crippen LogP contribution < -0.4 is 4.74 Å². The van der Waals surface area contributed by atoms with E-state index in [0.717, 1.165) is 30.6 Å². The van der Waals surface area contributed by atoms with Crippen LogP contribution in [-0.4, -0.2) is 33.7 Å². The van der Waals surface area contributed by atoms with E-state index in [-0.39, 0.29) is 23.1 Å². The molecule has 5 nitrogen and oxygen atoms in total. The smallest absolute Gasteiger partial charge is 0.323 e. The highest BCUT2D eigenvalue weighted by atomic mass is 32.2. The Morgan fingerprint density at radius 1 is 1.15 bits per heavy atom. The van der Waals surface area contributed by atoms with Crippen LogP contribution in [0, 0.1) is 0 Å². The molecular weight excluding hydrogens is 362 g/mol. The molecule has 0 bridgehead atoms. The maximum absolute atomic E-state index is 12.7. The molecule has 1 fully saturated rings. The zero-order valence-electron chi connectivity index (χ0n) is 15.2. The Kier molecular flexibility index (Phi) is 6.40. The van der Waals surface area contributed by atoms with Crippen molar-refractivity contribution in [3.63, 3.8) is 0 Å². The van der Waals surface area contributed by atoms with Gasteiger partial charge in [-0.15, -0.1) is 11.8 Å². The number of unbranched alkanes of at least 4 members (excludes halogenated alkanes) is 1. The largest absolute Gasteiger partial charge is 0.480 e. The third-order valence-electron chi connectivity index (χ3n) is 4.38. The van der Waals surface area contributed by atoms with Crippen LogP contribution in [0.25, 0.3) is 0 Å². The van der Waals surface area contributed by atoms with Crippen molar-refractivity contribution in [2.24, 2.45) is 0 Å². The summed E-state index contributed by atoms with van der Waals surface area (Å²) in [4.78, 5) is 25.5. The summed E-state index contributed by atoms with van der Waals surface area (Å²) >= 11 is 1.53. The number of rotatable bonds is 8. The van der Waals surface area contributed by atoms with E-state index in [4.69, 9.17) is 4.74 Å². The van der Waals surface area contributed by atoms with Gasteiger partial charge in [0.15, 0.2) is 0 Å². The summed E-state index contributed by atoms with van der Waals surface area (Å²) in [5.41, 5.74) is 0.877. The van der Waals surface area contributed by atoms with Crippen molar-refractivity contribution < 1.29 is 19.4 Å². The lowest BCUT2D eigenvalue weighted by atomic mass is 10.1. The van der Waals surface area contributed by atoms with E-state index in [1.807, 2.05) is 54.6 Å². The molecule has 0 saturated carbocycles. The van der Waals surface area contributed by atoms with Crippen LogP contribution in [0.4, 0.5) is 0 Å². The Balaban J connectivity index is 1.82. The molecule has 1 saturated heterocycles. The SMILES string of the molecule is CCCCC1SC(c2cccc(Oc3ccccc3)c2)N(CC(=O)O)C1=O. The lowest BCUT2D eigenvalue weighted by Gasteiger charge is -2.22. The minimum Gasteiger partial charge on any atom is -0.480 e. The van der Waals surface area contributed by atoms with Gasteiger partial charge in [0.25, 0.3) is 0 Å². The van der Waals surface area contributed by atoms with Crippen LogP contribution in [0.15, 0.2) is 54.6 Å². The van der Waals surface area contributed by atoms with Crippen molar-refractivity contribution in [3.05, 3.63) is 60.2 Å². The van der Waals surface area contributed by atoms with Gasteiger partial charge in [-0.25, -0.2) is 0 Å². The second-order valence-corrected chi connectivity index (χ2v) is 7.75. The first-order valence-electron chi connectivity index (χ1n) is 9.09. The molecule has 1 heterocycles. The number of nitrogens with zero attached hydrogens (tertiary/aromatic N) is 1. The van der Waals surface area contributed by atoms with Gasteiger partial charge in [-0.3, -0.25) is 9.59 Å². The Morgan fingerprint density at radius 3 is 2.59 bits per heavy atom. The Morgan fingerprint density at radius 2 is 1.89 bits per heavy atom. The molecule has 1 aliphatic rings. The van der Waals surface area contributed by atoms with Gasteiger partial charge in [0, 0.05) is 0 Å². The number of hydrogen-bond acceptors (Lipinski definition) is 4. The maximum Gasteiger partial charge on any atom is 0.323 e. The summed E-state index contributed by atoms with van der Waals surface area (Å²) in [6.07, 6.45) is 2.73. The zero-order valence-corrected chi connectivity index (χ0v) is 16.0. The summed E-state index contributed by atoms with van der Waals surface area (Å²) in [6, 6.07) is 17.0.